The number of hydrogen-bond acceptors (Lipinski definition) is 4. The van der Waals surface area contributed by atoms with Crippen LogP contribution in [0.1, 0.15) is 32.1 Å². The molecule has 4 nitrogen and oxygen atoms in total. The first kappa shape index (κ1) is 13.3. The molecule has 100 valence electrons. The number of nitrogens with two attached hydrogens (primary N) is 1. The molecule has 0 aromatic carbocycles. The van der Waals surface area contributed by atoms with Crippen molar-refractivity contribution in [3.8, 4) is 0 Å². The molecule has 1 aliphatic carbocycles. The van der Waals surface area contributed by atoms with Gasteiger partial charge >= 0.3 is 0 Å². The van der Waals surface area contributed by atoms with E-state index >= 15 is 0 Å². The van der Waals surface area contributed by atoms with Crippen molar-refractivity contribution in [1.29, 1.82) is 0 Å². The topological polar surface area (TPSA) is 50.5 Å². The molecule has 2 aliphatic rings. The normalized spacial score (nSPS) is 31.6. The molecule has 17 heavy (non-hydrogen) atoms. The third-order valence-electron chi connectivity index (χ3n) is 3.98. The number of nitrogens with one attached hydrogen (secondary N) is 1. The van der Waals surface area contributed by atoms with Crippen LogP contribution in [0.15, 0.2) is 0 Å². The SMILES string of the molecule is N[C@@H]1CCCC[C@H]1NCCCN1CCOCC1. The van der Waals surface area contributed by atoms with E-state index in [0.29, 0.717) is 12.1 Å². The summed E-state index contributed by atoms with van der Waals surface area (Å²) in [6.45, 7) is 6.31. The van der Waals surface area contributed by atoms with Crippen LogP contribution < -0.4 is 11.1 Å². The smallest absolute Gasteiger partial charge is 0.0594 e. The highest BCUT2D eigenvalue weighted by atomic mass is 16.5. The highest BCUT2D eigenvalue weighted by molar-refractivity contribution is 4.83. The second-order valence-electron chi connectivity index (χ2n) is 5.32. The number of nitrogens with zero attached hydrogens (tertiary/aromatic N) is 1. The van der Waals surface area contributed by atoms with Crippen LogP contribution >= 0.6 is 0 Å². The molecule has 2 atom stereocenters. The summed E-state index contributed by atoms with van der Waals surface area (Å²) in [5.41, 5.74) is 6.11. The van der Waals surface area contributed by atoms with Gasteiger partial charge in [-0.1, -0.05) is 12.8 Å². The first-order valence-corrected chi connectivity index (χ1v) is 7.15. The van der Waals surface area contributed by atoms with E-state index in [2.05, 4.69) is 10.2 Å². The van der Waals surface area contributed by atoms with Crippen molar-refractivity contribution >= 4 is 0 Å². The Morgan fingerprint density at radius 1 is 1.18 bits per heavy atom. The fourth-order valence-electron chi connectivity index (χ4n) is 2.83. The van der Waals surface area contributed by atoms with Crippen LogP contribution in [0.25, 0.3) is 0 Å². The van der Waals surface area contributed by atoms with Crippen LogP contribution in [0.3, 0.4) is 0 Å². The Bertz CT molecular complexity index is 207. The lowest BCUT2D eigenvalue weighted by Gasteiger charge is -2.30. The third kappa shape index (κ3) is 4.54. The molecule has 1 saturated carbocycles. The molecule has 0 spiro atoms. The van der Waals surface area contributed by atoms with Gasteiger partial charge in [0.25, 0.3) is 0 Å². The van der Waals surface area contributed by atoms with Gasteiger partial charge in [-0.3, -0.25) is 4.90 Å². The van der Waals surface area contributed by atoms with Gasteiger partial charge in [-0.2, -0.15) is 0 Å². The lowest BCUT2D eigenvalue weighted by Crippen LogP contribution is -2.47. The van der Waals surface area contributed by atoms with Crippen molar-refractivity contribution in [1.82, 2.24) is 10.2 Å². The summed E-state index contributed by atoms with van der Waals surface area (Å²) in [5, 5.41) is 3.63. The van der Waals surface area contributed by atoms with E-state index in [4.69, 9.17) is 10.5 Å². The summed E-state index contributed by atoms with van der Waals surface area (Å²) in [6.07, 6.45) is 6.34. The van der Waals surface area contributed by atoms with Crippen LogP contribution in [-0.4, -0.2) is 56.4 Å². The maximum Gasteiger partial charge on any atom is 0.0594 e. The Hall–Kier alpha value is -0.160. The molecule has 2 rings (SSSR count). The van der Waals surface area contributed by atoms with Crippen molar-refractivity contribution in [3.05, 3.63) is 0 Å². The summed E-state index contributed by atoms with van der Waals surface area (Å²) in [5.74, 6) is 0. The van der Waals surface area contributed by atoms with Gasteiger partial charge in [0.1, 0.15) is 0 Å². The predicted octanol–water partition coefficient (Wildman–Crippen LogP) is 0.568. The van der Waals surface area contributed by atoms with E-state index in [1.807, 2.05) is 0 Å². The van der Waals surface area contributed by atoms with E-state index in [0.717, 1.165) is 32.8 Å². The zero-order valence-electron chi connectivity index (χ0n) is 10.9. The van der Waals surface area contributed by atoms with Crippen LogP contribution in [0.5, 0.6) is 0 Å². The lowest BCUT2D eigenvalue weighted by atomic mass is 9.91. The maximum atomic E-state index is 6.11. The first-order valence-electron chi connectivity index (χ1n) is 7.15. The predicted molar refractivity (Wildman–Crippen MR) is 70.1 cm³/mol. The Morgan fingerprint density at radius 3 is 2.71 bits per heavy atom. The Kier molecular flexibility index (Phi) is 5.71. The minimum Gasteiger partial charge on any atom is -0.379 e. The highest BCUT2D eigenvalue weighted by Crippen LogP contribution is 2.16. The van der Waals surface area contributed by atoms with Crippen molar-refractivity contribution < 1.29 is 4.74 Å². The monoisotopic (exact) mass is 241 g/mol. The van der Waals surface area contributed by atoms with E-state index < -0.39 is 0 Å². The average molecular weight is 241 g/mol. The molecule has 3 N–H and O–H groups in total. The van der Waals surface area contributed by atoms with Crippen molar-refractivity contribution in [2.24, 2.45) is 5.73 Å². The second kappa shape index (κ2) is 7.31. The molecule has 1 aliphatic heterocycles. The minimum absolute atomic E-state index is 0.382. The van der Waals surface area contributed by atoms with E-state index in [1.54, 1.807) is 0 Å². The molecular formula is C13H27N3O. The molecule has 0 radical (unpaired) electrons. The van der Waals surface area contributed by atoms with Gasteiger partial charge in [-0.05, 0) is 32.4 Å². The summed E-state index contributed by atoms with van der Waals surface area (Å²) >= 11 is 0. The lowest BCUT2D eigenvalue weighted by molar-refractivity contribution is 0.0373. The number of rotatable bonds is 5. The zero-order chi connectivity index (χ0) is 11.9. The van der Waals surface area contributed by atoms with Crippen molar-refractivity contribution in [2.75, 3.05) is 39.4 Å². The van der Waals surface area contributed by atoms with Gasteiger partial charge in [0.2, 0.25) is 0 Å². The second-order valence-corrected chi connectivity index (χ2v) is 5.32. The van der Waals surface area contributed by atoms with Gasteiger partial charge in [-0.15, -0.1) is 0 Å². The fraction of sp³-hybridized carbons (Fsp3) is 1.00. The quantitative estimate of drug-likeness (QED) is 0.691. The first-order chi connectivity index (χ1) is 8.36. The maximum absolute atomic E-state index is 6.11. The molecule has 4 heteroatoms. The van der Waals surface area contributed by atoms with Gasteiger partial charge in [-0.25, -0.2) is 0 Å². The molecule has 1 heterocycles. The van der Waals surface area contributed by atoms with Crippen molar-refractivity contribution in [3.63, 3.8) is 0 Å². The van der Waals surface area contributed by atoms with Crippen molar-refractivity contribution in [2.45, 2.75) is 44.2 Å². The number of ether oxygens (including phenoxy) is 1. The molecule has 0 aromatic heterocycles. The number of morpholine rings is 1. The summed E-state index contributed by atoms with van der Waals surface area (Å²) in [6, 6.07) is 0.945. The molecule has 1 saturated heterocycles. The van der Waals surface area contributed by atoms with Gasteiger partial charge in [0, 0.05) is 25.2 Å². The molecule has 0 unspecified atom stereocenters. The van der Waals surface area contributed by atoms with Crippen LogP contribution in [0.4, 0.5) is 0 Å². The van der Waals surface area contributed by atoms with E-state index in [9.17, 15) is 0 Å². The van der Waals surface area contributed by atoms with Gasteiger partial charge < -0.3 is 15.8 Å². The molecule has 0 bridgehead atoms. The molecule has 0 amide bonds. The van der Waals surface area contributed by atoms with Crippen LogP contribution in [-0.2, 0) is 4.74 Å². The minimum atomic E-state index is 0.382. The molecule has 0 aromatic rings. The standard InChI is InChI=1S/C13H27N3O/c14-12-4-1-2-5-13(12)15-6-3-7-16-8-10-17-11-9-16/h12-13,15H,1-11,14H2/t12-,13-/m1/s1. The Balaban J connectivity index is 1.53. The average Bonchev–Trinajstić information content (AvgIpc) is 2.38. The molecule has 2 fully saturated rings. The molecular weight excluding hydrogens is 214 g/mol. The Morgan fingerprint density at radius 2 is 1.94 bits per heavy atom. The number of hydrogen-bond donors (Lipinski definition) is 2. The highest BCUT2D eigenvalue weighted by Gasteiger charge is 2.20. The zero-order valence-corrected chi connectivity index (χ0v) is 10.9. The van der Waals surface area contributed by atoms with Gasteiger partial charge in [0.05, 0.1) is 13.2 Å². The van der Waals surface area contributed by atoms with E-state index in [-0.39, 0.29) is 0 Å². The summed E-state index contributed by atoms with van der Waals surface area (Å²) in [7, 11) is 0. The third-order valence-corrected chi connectivity index (χ3v) is 3.98. The van der Waals surface area contributed by atoms with Crippen LogP contribution in [0, 0.1) is 0 Å². The largest absolute Gasteiger partial charge is 0.379 e. The van der Waals surface area contributed by atoms with Crippen LogP contribution in [0.2, 0.25) is 0 Å². The summed E-state index contributed by atoms with van der Waals surface area (Å²) in [4.78, 5) is 2.49. The van der Waals surface area contributed by atoms with Gasteiger partial charge in [0.15, 0.2) is 0 Å². The Labute approximate surface area is 105 Å². The summed E-state index contributed by atoms with van der Waals surface area (Å²) < 4.78 is 5.34. The van der Waals surface area contributed by atoms with E-state index in [1.165, 1.54) is 38.6 Å². The fourth-order valence-corrected chi connectivity index (χ4v) is 2.83.